The number of carbonyl (C=O) groups excluding carboxylic acids is 1. The van der Waals surface area contributed by atoms with Crippen LogP contribution in [0.25, 0.3) is 0 Å². The van der Waals surface area contributed by atoms with E-state index in [1.165, 1.54) is 13.0 Å². The minimum atomic E-state index is -3.66. The third-order valence-corrected chi connectivity index (χ3v) is 5.34. The fourth-order valence-corrected chi connectivity index (χ4v) is 3.06. The topological polar surface area (TPSA) is 63.7 Å². The Kier molecular flexibility index (Phi) is 8.22. The molecule has 1 atom stereocenters. The van der Waals surface area contributed by atoms with Crippen molar-refractivity contribution in [3.8, 4) is 5.75 Å². The number of halogens is 1. The van der Waals surface area contributed by atoms with E-state index in [1.807, 2.05) is 27.7 Å². The van der Waals surface area contributed by atoms with Gasteiger partial charge in [0.25, 0.3) is 0 Å². The minimum absolute atomic E-state index is 0.0286. The van der Waals surface area contributed by atoms with Crippen LogP contribution in [0, 0.1) is 5.92 Å². The molecule has 0 saturated heterocycles. The van der Waals surface area contributed by atoms with E-state index in [0.29, 0.717) is 17.0 Å². The summed E-state index contributed by atoms with van der Waals surface area (Å²) in [5, 5.41) is 0.469. The van der Waals surface area contributed by atoms with Crippen LogP contribution in [0.5, 0.6) is 5.75 Å². The van der Waals surface area contributed by atoms with Crippen LogP contribution >= 0.6 is 11.6 Å². The molecule has 1 aromatic carbocycles. The molecule has 0 spiro atoms. The van der Waals surface area contributed by atoms with Gasteiger partial charge in [-0.15, -0.1) is 0 Å². The van der Waals surface area contributed by atoms with Crippen LogP contribution in [0.1, 0.15) is 53.0 Å². The smallest absolute Gasteiger partial charge is 0.308 e. The van der Waals surface area contributed by atoms with Crippen molar-refractivity contribution in [2.45, 2.75) is 60.0 Å². The lowest BCUT2D eigenvalue weighted by Gasteiger charge is -2.30. The molecule has 5 nitrogen and oxygen atoms in total. The van der Waals surface area contributed by atoms with Crippen LogP contribution in [0.3, 0.4) is 0 Å². The van der Waals surface area contributed by atoms with Gasteiger partial charge in [0.05, 0.1) is 5.75 Å². The van der Waals surface area contributed by atoms with Gasteiger partial charge in [-0.1, -0.05) is 32.4 Å². The average molecular weight is 390 g/mol. The van der Waals surface area contributed by atoms with Crippen molar-refractivity contribution in [2.24, 2.45) is 5.92 Å². The number of hydrogen-bond acceptors (Lipinski definition) is 4. The van der Waals surface area contributed by atoms with Crippen LogP contribution in [0.15, 0.2) is 18.2 Å². The molecule has 0 aliphatic carbocycles. The molecule has 0 heterocycles. The van der Waals surface area contributed by atoms with E-state index in [0.717, 1.165) is 6.42 Å². The first-order valence-electron chi connectivity index (χ1n) is 8.59. The quantitative estimate of drug-likeness (QED) is 0.592. The summed E-state index contributed by atoms with van der Waals surface area (Å²) in [6.07, 6.45) is 1.24. The van der Waals surface area contributed by atoms with Crippen molar-refractivity contribution in [1.82, 2.24) is 4.90 Å². The molecule has 0 unspecified atom stereocenters. The largest absolute Gasteiger partial charge is 0.382 e. The maximum Gasteiger partial charge on any atom is 0.308 e. The summed E-state index contributed by atoms with van der Waals surface area (Å²) in [4.78, 5) is 14.4. The fourth-order valence-electron chi connectivity index (χ4n) is 2.31. The Labute approximate surface area is 156 Å². The van der Waals surface area contributed by atoms with Gasteiger partial charge in [0.1, 0.15) is 5.75 Å². The molecule has 1 amide bonds. The Balaban J connectivity index is 3.18. The van der Waals surface area contributed by atoms with Gasteiger partial charge in [0.15, 0.2) is 0 Å². The molecular weight excluding hydrogens is 362 g/mol. The van der Waals surface area contributed by atoms with Crippen molar-refractivity contribution >= 4 is 27.6 Å². The van der Waals surface area contributed by atoms with E-state index in [4.69, 9.17) is 15.8 Å². The zero-order valence-electron chi connectivity index (χ0n) is 15.6. The van der Waals surface area contributed by atoms with E-state index >= 15 is 0 Å². The Morgan fingerprint density at radius 1 is 1.24 bits per heavy atom. The monoisotopic (exact) mass is 389 g/mol. The Morgan fingerprint density at radius 3 is 2.40 bits per heavy atom. The van der Waals surface area contributed by atoms with Gasteiger partial charge >= 0.3 is 10.1 Å². The van der Waals surface area contributed by atoms with E-state index in [-0.39, 0.29) is 35.9 Å². The first-order chi connectivity index (χ1) is 11.6. The lowest BCUT2D eigenvalue weighted by Crippen LogP contribution is -2.38. The number of amides is 1. The van der Waals surface area contributed by atoms with Gasteiger partial charge in [0, 0.05) is 29.6 Å². The lowest BCUT2D eigenvalue weighted by atomic mass is 10.1. The maximum absolute atomic E-state index is 12.6. The summed E-state index contributed by atoms with van der Waals surface area (Å²) < 4.78 is 28.8. The molecule has 0 bridgehead atoms. The number of nitrogens with zero attached hydrogens (tertiary/aromatic N) is 1. The van der Waals surface area contributed by atoms with Gasteiger partial charge in [-0.25, -0.2) is 0 Å². The highest BCUT2D eigenvalue weighted by Crippen LogP contribution is 2.27. The van der Waals surface area contributed by atoms with E-state index in [1.54, 1.807) is 17.0 Å². The van der Waals surface area contributed by atoms with E-state index < -0.39 is 10.1 Å². The van der Waals surface area contributed by atoms with Crippen molar-refractivity contribution in [3.05, 3.63) is 28.8 Å². The second-order valence-electron chi connectivity index (χ2n) is 6.56. The zero-order chi connectivity index (χ0) is 19.2. The third-order valence-electron chi connectivity index (χ3n) is 3.96. The summed E-state index contributed by atoms with van der Waals surface area (Å²) >= 11 is 6.07. The highest BCUT2D eigenvalue weighted by atomic mass is 35.5. The molecule has 0 aromatic heterocycles. The fraction of sp³-hybridized carbons (Fsp3) is 0.611. The zero-order valence-corrected chi connectivity index (χ0v) is 17.2. The number of carbonyl (C=O) groups is 1. The predicted molar refractivity (Wildman–Crippen MR) is 101 cm³/mol. The summed E-state index contributed by atoms with van der Waals surface area (Å²) in [5.74, 6) is 0.372. The standard InChI is InChI=1S/C18H28ClNO4S/c1-6-14(5)20(18(21)10-13(3)4)12-15-11-16(19)8-9-17(15)24-25(22,23)7-2/h8-9,11,13-14H,6-7,10,12H2,1-5H3/t14-/m1/s1. The number of benzene rings is 1. The first-order valence-corrected chi connectivity index (χ1v) is 10.5. The van der Waals surface area contributed by atoms with Gasteiger partial charge in [-0.3, -0.25) is 4.79 Å². The molecule has 7 heteroatoms. The third kappa shape index (κ3) is 6.86. The predicted octanol–water partition coefficient (Wildman–Crippen LogP) is 4.24. The van der Waals surface area contributed by atoms with E-state index in [9.17, 15) is 13.2 Å². The van der Waals surface area contributed by atoms with Crippen molar-refractivity contribution in [3.63, 3.8) is 0 Å². The molecule has 0 fully saturated rings. The molecule has 0 aliphatic heterocycles. The first kappa shape index (κ1) is 21.8. The second-order valence-corrected chi connectivity index (χ2v) is 8.85. The molecule has 142 valence electrons. The van der Waals surface area contributed by atoms with Crippen LogP contribution in [0.2, 0.25) is 5.02 Å². The average Bonchev–Trinajstić information content (AvgIpc) is 2.53. The van der Waals surface area contributed by atoms with Crippen molar-refractivity contribution in [2.75, 3.05) is 5.75 Å². The highest BCUT2D eigenvalue weighted by Gasteiger charge is 2.23. The second kappa shape index (κ2) is 9.43. The van der Waals surface area contributed by atoms with Gasteiger partial charge in [-0.2, -0.15) is 8.42 Å². The summed E-state index contributed by atoms with van der Waals surface area (Å²) in [5.41, 5.74) is 0.585. The van der Waals surface area contributed by atoms with Crippen LogP contribution in [-0.2, 0) is 21.5 Å². The molecule has 0 N–H and O–H groups in total. The molecule has 1 rings (SSSR count). The van der Waals surface area contributed by atoms with Crippen molar-refractivity contribution in [1.29, 1.82) is 0 Å². The summed E-state index contributed by atoms with van der Waals surface area (Å²) in [6, 6.07) is 4.79. The Morgan fingerprint density at radius 2 is 1.88 bits per heavy atom. The molecular formula is C18H28ClNO4S. The molecule has 0 aliphatic rings. The summed E-state index contributed by atoms with van der Waals surface area (Å²) in [6.45, 7) is 9.75. The maximum atomic E-state index is 12.6. The molecule has 25 heavy (non-hydrogen) atoms. The van der Waals surface area contributed by atoms with Crippen LogP contribution in [0.4, 0.5) is 0 Å². The van der Waals surface area contributed by atoms with Gasteiger partial charge < -0.3 is 9.08 Å². The Hall–Kier alpha value is -1.27. The lowest BCUT2D eigenvalue weighted by molar-refractivity contribution is -0.134. The normalized spacial score (nSPS) is 12.9. The highest BCUT2D eigenvalue weighted by molar-refractivity contribution is 7.87. The molecule has 1 aromatic rings. The van der Waals surface area contributed by atoms with Crippen LogP contribution < -0.4 is 4.18 Å². The van der Waals surface area contributed by atoms with Gasteiger partial charge in [0.2, 0.25) is 5.91 Å². The minimum Gasteiger partial charge on any atom is -0.382 e. The number of rotatable bonds is 9. The van der Waals surface area contributed by atoms with Gasteiger partial charge in [-0.05, 0) is 44.4 Å². The molecule has 0 radical (unpaired) electrons. The SMILES string of the molecule is CC[C@@H](C)N(Cc1cc(Cl)ccc1OS(=O)(=O)CC)C(=O)CC(C)C. The van der Waals surface area contributed by atoms with E-state index in [2.05, 4.69) is 0 Å². The number of hydrogen-bond donors (Lipinski definition) is 0. The Bertz CT molecular complexity index is 688. The molecule has 0 saturated carbocycles. The summed E-state index contributed by atoms with van der Waals surface area (Å²) in [7, 11) is -3.66. The van der Waals surface area contributed by atoms with Crippen molar-refractivity contribution < 1.29 is 17.4 Å². The van der Waals surface area contributed by atoms with Crippen LogP contribution in [-0.4, -0.2) is 31.0 Å².